The summed E-state index contributed by atoms with van der Waals surface area (Å²) in [6, 6.07) is 6.01. The van der Waals surface area contributed by atoms with Crippen LogP contribution in [0.3, 0.4) is 0 Å². The first-order valence-electron chi connectivity index (χ1n) is 5.77. The van der Waals surface area contributed by atoms with Crippen LogP contribution in [0, 0.1) is 12.8 Å². The second kappa shape index (κ2) is 5.64. The molecule has 0 fully saturated rings. The fraction of sp³-hybridized carbons (Fsp3) is 0.538. The fourth-order valence-corrected chi connectivity index (χ4v) is 1.66. The molecule has 0 amide bonds. The number of aryl methyl sites for hydroxylation is 1. The first-order valence-corrected chi connectivity index (χ1v) is 5.77. The molecule has 2 heteroatoms. The lowest BCUT2D eigenvalue weighted by molar-refractivity contribution is 0.519. The summed E-state index contributed by atoms with van der Waals surface area (Å²) in [6.07, 6.45) is 2.45. The zero-order valence-electron chi connectivity index (χ0n) is 10.0. The van der Waals surface area contributed by atoms with Crippen LogP contribution in [-0.2, 0) is 0 Å². The molecule has 0 unspecified atom stereocenters. The average Bonchev–Trinajstić information content (AvgIpc) is 2.24. The molecule has 1 aromatic rings. The summed E-state index contributed by atoms with van der Waals surface area (Å²) >= 11 is 0. The zero-order valence-corrected chi connectivity index (χ0v) is 10.0. The van der Waals surface area contributed by atoms with Crippen LogP contribution in [0.1, 0.15) is 32.3 Å². The number of hydrogen-bond acceptors (Lipinski definition) is 2. The summed E-state index contributed by atoms with van der Waals surface area (Å²) in [7, 11) is 0. The second-order valence-electron chi connectivity index (χ2n) is 4.14. The van der Waals surface area contributed by atoms with Gasteiger partial charge in [0.05, 0.1) is 0 Å². The van der Waals surface area contributed by atoms with Crippen LogP contribution in [0.5, 0.6) is 0 Å². The maximum absolute atomic E-state index is 5.76. The van der Waals surface area contributed by atoms with Crippen molar-refractivity contribution in [3.05, 3.63) is 23.8 Å². The minimum Gasteiger partial charge on any atom is -0.399 e. The number of hydrogen-bond donors (Lipinski definition) is 2. The minimum atomic E-state index is 0.755. The first-order chi connectivity index (χ1) is 7.17. The van der Waals surface area contributed by atoms with E-state index >= 15 is 0 Å². The third-order valence-corrected chi connectivity index (χ3v) is 3.00. The highest BCUT2D eigenvalue weighted by Crippen LogP contribution is 2.19. The SMILES string of the molecule is CCC(CC)CNc1cc(N)ccc1C. The van der Waals surface area contributed by atoms with Crippen molar-refractivity contribution in [3.8, 4) is 0 Å². The van der Waals surface area contributed by atoms with Gasteiger partial charge in [-0.25, -0.2) is 0 Å². The second-order valence-corrected chi connectivity index (χ2v) is 4.14. The van der Waals surface area contributed by atoms with E-state index in [0.29, 0.717) is 0 Å². The van der Waals surface area contributed by atoms with Gasteiger partial charge in [-0.3, -0.25) is 0 Å². The van der Waals surface area contributed by atoms with Gasteiger partial charge in [-0.15, -0.1) is 0 Å². The number of rotatable bonds is 5. The van der Waals surface area contributed by atoms with Crippen molar-refractivity contribution in [2.45, 2.75) is 33.6 Å². The van der Waals surface area contributed by atoms with Gasteiger partial charge in [-0.2, -0.15) is 0 Å². The van der Waals surface area contributed by atoms with Crippen molar-refractivity contribution >= 4 is 11.4 Å². The number of nitrogens with two attached hydrogens (primary N) is 1. The summed E-state index contributed by atoms with van der Waals surface area (Å²) in [5.74, 6) is 0.755. The van der Waals surface area contributed by atoms with Gasteiger partial charge in [0.2, 0.25) is 0 Å². The molecule has 3 N–H and O–H groups in total. The van der Waals surface area contributed by atoms with Crippen LogP contribution in [0.15, 0.2) is 18.2 Å². The summed E-state index contributed by atoms with van der Waals surface area (Å²) in [6.45, 7) is 7.62. The highest BCUT2D eigenvalue weighted by Gasteiger charge is 2.04. The normalized spacial score (nSPS) is 10.7. The molecule has 0 aliphatic rings. The monoisotopic (exact) mass is 206 g/mol. The molecule has 15 heavy (non-hydrogen) atoms. The van der Waals surface area contributed by atoms with Crippen LogP contribution >= 0.6 is 0 Å². The lowest BCUT2D eigenvalue weighted by atomic mass is 10.0. The topological polar surface area (TPSA) is 38.0 Å². The zero-order chi connectivity index (χ0) is 11.3. The Balaban J connectivity index is 2.60. The molecule has 1 rings (SSSR count). The van der Waals surface area contributed by atoms with E-state index in [1.54, 1.807) is 0 Å². The standard InChI is InChI=1S/C13H22N2/c1-4-11(5-2)9-15-13-8-12(14)7-6-10(13)3/h6-8,11,15H,4-5,9,14H2,1-3H3. The summed E-state index contributed by atoms with van der Waals surface area (Å²) in [4.78, 5) is 0. The van der Waals surface area contributed by atoms with Gasteiger partial charge in [0.1, 0.15) is 0 Å². The first kappa shape index (κ1) is 11.9. The third-order valence-electron chi connectivity index (χ3n) is 3.00. The lowest BCUT2D eigenvalue weighted by Crippen LogP contribution is -2.13. The Morgan fingerprint density at radius 1 is 1.27 bits per heavy atom. The Kier molecular flexibility index (Phi) is 4.47. The Morgan fingerprint density at radius 3 is 2.53 bits per heavy atom. The summed E-state index contributed by atoms with van der Waals surface area (Å²) in [5.41, 5.74) is 9.01. The van der Waals surface area contributed by atoms with Crippen LogP contribution in [0.25, 0.3) is 0 Å². The summed E-state index contributed by atoms with van der Waals surface area (Å²) < 4.78 is 0. The number of nitrogen functional groups attached to an aromatic ring is 1. The van der Waals surface area contributed by atoms with Gasteiger partial charge in [-0.05, 0) is 30.5 Å². The predicted molar refractivity (Wildman–Crippen MR) is 68.2 cm³/mol. The van der Waals surface area contributed by atoms with Crippen molar-refractivity contribution in [1.82, 2.24) is 0 Å². The van der Waals surface area contributed by atoms with Crippen molar-refractivity contribution in [1.29, 1.82) is 0 Å². The Hall–Kier alpha value is -1.18. The highest BCUT2D eigenvalue weighted by atomic mass is 14.9. The van der Waals surface area contributed by atoms with Crippen molar-refractivity contribution < 1.29 is 0 Å². The van der Waals surface area contributed by atoms with E-state index in [2.05, 4.69) is 32.2 Å². The average molecular weight is 206 g/mol. The quantitative estimate of drug-likeness (QED) is 0.724. The molecular weight excluding hydrogens is 184 g/mol. The maximum Gasteiger partial charge on any atom is 0.0390 e. The van der Waals surface area contributed by atoms with Gasteiger partial charge < -0.3 is 11.1 Å². The largest absolute Gasteiger partial charge is 0.399 e. The van der Waals surface area contributed by atoms with Crippen molar-refractivity contribution in [2.24, 2.45) is 5.92 Å². The molecule has 0 saturated carbocycles. The molecule has 0 aliphatic carbocycles. The molecule has 0 bridgehead atoms. The molecule has 0 atom stereocenters. The molecular formula is C13H22N2. The van der Waals surface area contributed by atoms with E-state index < -0.39 is 0 Å². The molecule has 0 spiro atoms. The minimum absolute atomic E-state index is 0.755. The Labute approximate surface area is 92.9 Å². The molecule has 0 radical (unpaired) electrons. The van der Waals surface area contributed by atoms with Gasteiger partial charge in [0.15, 0.2) is 0 Å². The van der Waals surface area contributed by atoms with E-state index in [4.69, 9.17) is 5.73 Å². The smallest absolute Gasteiger partial charge is 0.0390 e. The third kappa shape index (κ3) is 3.46. The Bertz CT molecular complexity index is 303. The molecule has 1 aromatic carbocycles. The van der Waals surface area contributed by atoms with Crippen LogP contribution in [0.2, 0.25) is 0 Å². The Morgan fingerprint density at radius 2 is 1.93 bits per heavy atom. The van der Waals surface area contributed by atoms with Crippen molar-refractivity contribution in [2.75, 3.05) is 17.6 Å². The fourth-order valence-electron chi connectivity index (χ4n) is 1.66. The maximum atomic E-state index is 5.76. The number of benzene rings is 1. The van der Waals surface area contributed by atoms with Crippen LogP contribution in [0.4, 0.5) is 11.4 Å². The molecule has 2 nitrogen and oxygen atoms in total. The lowest BCUT2D eigenvalue weighted by Gasteiger charge is -2.16. The van der Waals surface area contributed by atoms with Gasteiger partial charge in [0, 0.05) is 17.9 Å². The van der Waals surface area contributed by atoms with E-state index in [1.165, 1.54) is 24.1 Å². The van der Waals surface area contributed by atoms with E-state index in [-0.39, 0.29) is 0 Å². The number of anilines is 2. The highest BCUT2D eigenvalue weighted by molar-refractivity contribution is 5.59. The van der Waals surface area contributed by atoms with Crippen LogP contribution < -0.4 is 11.1 Å². The van der Waals surface area contributed by atoms with E-state index in [9.17, 15) is 0 Å². The molecule has 84 valence electrons. The van der Waals surface area contributed by atoms with Gasteiger partial charge in [-0.1, -0.05) is 32.8 Å². The van der Waals surface area contributed by atoms with E-state index in [1.807, 2.05) is 12.1 Å². The predicted octanol–water partition coefficient (Wildman–Crippen LogP) is 3.43. The molecule has 0 aromatic heterocycles. The van der Waals surface area contributed by atoms with Gasteiger partial charge in [0.25, 0.3) is 0 Å². The molecule has 0 heterocycles. The van der Waals surface area contributed by atoms with E-state index in [0.717, 1.165) is 18.2 Å². The van der Waals surface area contributed by atoms with Gasteiger partial charge >= 0.3 is 0 Å². The molecule has 0 aliphatic heterocycles. The molecule has 0 saturated heterocycles. The summed E-state index contributed by atoms with van der Waals surface area (Å²) in [5, 5.41) is 3.48. The van der Waals surface area contributed by atoms with Crippen molar-refractivity contribution in [3.63, 3.8) is 0 Å². The van der Waals surface area contributed by atoms with Crippen LogP contribution in [-0.4, -0.2) is 6.54 Å². The number of nitrogens with one attached hydrogen (secondary N) is 1.